The molecule has 28 heavy (non-hydrogen) atoms. The third-order valence-electron chi connectivity index (χ3n) is 6.16. The van der Waals surface area contributed by atoms with E-state index in [0.717, 1.165) is 44.1 Å². The Balaban J connectivity index is 1.61. The molecule has 0 bridgehead atoms. The zero-order chi connectivity index (χ0) is 20.1. The van der Waals surface area contributed by atoms with Crippen LogP contribution in [0.25, 0.3) is 0 Å². The van der Waals surface area contributed by atoms with Gasteiger partial charge in [0, 0.05) is 55.1 Å². The second-order valence-corrected chi connectivity index (χ2v) is 8.79. The lowest BCUT2D eigenvalue weighted by Gasteiger charge is -2.39. The summed E-state index contributed by atoms with van der Waals surface area (Å²) in [6, 6.07) is 8.87. The lowest BCUT2D eigenvalue weighted by molar-refractivity contribution is 0.134. The minimum atomic E-state index is -0.171. The molecule has 2 aliphatic heterocycles. The minimum absolute atomic E-state index is 0.171. The highest BCUT2D eigenvalue weighted by molar-refractivity contribution is 5.73. The van der Waals surface area contributed by atoms with Crippen LogP contribution in [0.5, 0.6) is 11.5 Å². The van der Waals surface area contributed by atoms with Crippen LogP contribution in [0, 0.1) is 20.8 Å². The number of hydrogen-bond donors (Lipinski definition) is 0. The van der Waals surface area contributed by atoms with Gasteiger partial charge in [0.25, 0.3) is 0 Å². The minimum Gasteiger partial charge on any atom is -0.492 e. The van der Waals surface area contributed by atoms with Crippen molar-refractivity contribution < 1.29 is 9.47 Å². The van der Waals surface area contributed by atoms with Crippen LogP contribution in [0.2, 0.25) is 0 Å². The van der Waals surface area contributed by atoms with Crippen LogP contribution in [0.3, 0.4) is 0 Å². The van der Waals surface area contributed by atoms with E-state index in [4.69, 9.17) is 9.47 Å². The highest BCUT2D eigenvalue weighted by Gasteiger charge is 2.37. The SMILES string of the molecule is COc1c(C)c(N2CCN(c3ccc(C)cc3)CC2)c(C)c2c1OC(C)(C)C2. The lowest BCUT2D eigenvalue weighted by atomic mass is 9.93. The smallest absolute Gasteiger partial charge is 0.166 e. The standard InChI is InChI=1S/C24H32N2O2/c1-16-7-9-19(10-8-16)25-11-13-26(14-12-25)21-17(2)20-15-24(4,5)28-23(20)22(27-6)18(21)3/h7-10H,11-15H2,1-6H3. The number of methoxy groups -OCH3 is 1. The van der Waals surface area contributed by atoms with Crippen LogP contribution in [-0.4, -0.2) is 38.9 Å². The molecule has 0 radical (unpaired) electrons. The number of benzene rings is 2. The molecule has 2 heterocycles. The van der Waals surface area contributed by atoms with Gasteiger partial charge < -0.3 is 19.3 Å². The van der Waals surface area contributed by atoms with Gasteiger partial charge in [-0.25, -0.2) is 0 Å². The average Bonchev–Trinajstić information content (AvgIpc) is 2.99. The van der Waals surface area contributed by atoms with E-state index in [2.05, 4.69) is 68.7 Å². The first-order valence-corrected chi connectivity index (χ1v) is 10.3. The predicted octanol–water partition coefficient (Wildman–Crippen LogP) is 4.66. The highest BCUT2D eigenvalue weighted by Crippen LogP contribution is 2.49. The second kappa shape index (κ2) is 6.91. The Morgan fingerprint density at radius 3 is 2.11 bits per heavy atom. The van der Waals surface area contributed by atoms with E-state index < -0.39 is 0 Å². The largest absolute Gasteiger partial charge is 0.492 e. The topological polar surface area (TPSA) is 24.9 Å². The second-order valence-electron chi connectivity index (χ2n) is 8.79. The van der Waals surface area contributed by atoms with E-state index in [1.54, 1.807) is 7.11 Å². The van der Waals surface area contributed by atoms with Crippen molar-refractivity contribution in [1.29, 1.82) is 0 Å². The Hall–Kier alpha value is -2.36. The molecule has 0 aromatic heterocycles. The van der Waals surface area contributed by atoms with E-state index >= 15 is 0 Å². The molecule has 0 amide bonds. The normalized spacial score (nSPS) is 18.1. The van der Waals surface area contributed by atoms with Crippen LogP contribution in [0.1, 0.15) is 36.1 Å². The molecule has 4 nitrogen and oxygen atoms in total. The molecule has 0 spiro atoms. The van der Waals surface area contributed by atoms with Gasteiger partial charge in [-0.15, -0.1) is 0 Å². The van der Waals surface area contributed by atoms with Gasteiger partial charge in [0.15, 0.2) is 11.5 Å². The first-order chi connectivity index (χ1) is 13.3. The third kappa shape index (κ3) is 3.19. The fraction of sp³-hybridized carbons (Fsp3) is 0.500. The van der Waals surface area contributed by atoms with Crippen molar-refractivity contribution in [1.82, 2.24) is 0 Å². The molecule has 0 aliphatic carbocycles. The summed E-state index contributed by atoms with van der Waals surface area (Å²) in [6.07, 6.45) is 0.932. The summed E-state index contributed by atoms with van der Waals surface area (Å²) in [6.45, 7) is 15.0. The maximum Gasteiger partial charge on any atom is 0.166 e. The molecular weight excluding hydrogens is 348 g/mol. The number of piperazine rings is 1. The van der Waals surface area contributed by atoms with Crippen molar-refractivity contribution in [3.8, 4) is 11.5 Å². The fourth-order valence-electron chi connectivity index (χ4n) is 4.73. The predicted molar refractivity (Wildman–Crippen MR) is 116 cm³/mol. The van der Waals surface area contributed by atoms with E-state index in [1.807, 2.05) is 0 Å². The monoisotopic (exact) mass is 380 g/mol. The summed E-state index contributed by atoms with van der Waals surface area (Å²) in [4.78, 5) is 5.01. The van der Waals surface area contributed by atoms with Gasteiger partial charge in [-0.1, -0.05) is 17.7 Å². The Morgan fingerprint density at radius 2 is 1.50 bits per heavy atom. The number of rotatable bonds is 3. The van der Waals surface area contributed by atoms with Crippen LogP contribution in [0.4, 0.5) is 11.4 Å². The van der Waals surface area contributed by atoms with Crippen LogP contribution < -0.4 is 19.3 Å². The zero-order valence-corrected chi connectivity index (χ0v) is 18.1. The fourth-order valence-corrected chi connectivity index (χ4v) is 4.73. The molecule has 0 saturated carbocycles. The molecule has 4 rings (SSSR count). The van der Waals surface area contributed by atoms with Gasteiger partial charge in [-0.2, -0.15) is 0 Å². The number of anilines is 2. The first-order valence-electron chi connectivity index (χ1n) is 10.3. The Labute approximate surface area is 169 Å². The van der Waals surface area contributed by atoms with E-state index in [0.29, 0.717) is 0 Å². The van der Waals surface area contributed by atoms with Gasteiger partial charge >= 0.3 is 0 Å². The van der Waals surface area contributed by atoms with Crippen molar-refractivity contribution in [2.75, 3.05) is 43.1 Å². The van der Waals surface area contributed by atoms with E-state index in [9.17, 15) is 0 Å². The molecule has 2 aromatic rings. The van der Waals surface area contributed by atoms with Gasteiger partial charge in [-0.05, 0) is 52.3 Å². The highest BCUT2D eigenvalue weighted by atomic mass is 16.5. The summed E-state index contributed by atoms with van der Waals surface area (Å²) in [5.74, 6) is 1.85. The number of ether oxygens (including phenoxy) is 2. The van der Waals surface area contributed by atoms with Gasteiger partial charge in [0.05, 0.1) is 7.11 Å². The van der Waals surface area contributed by atoms with Gasteiger partial charge in [0.1, 0.15) is 5.60 Å². The molecule has 2 aliphatic rings. The van der Waals surface area contributed by atoms with E-state index in [1.165, 1.54) is 33.6 Å². The summed E-state index contributed by atoms with van der Waals surface area (Å²) in [7, 11) is 1.76. The van der Waals surface area contributed by atoms with Crippen molar-refractivity contribution >= 4 is 11.4 Å². The van der Waals surface area contributed by atoms with Crippen LogP contribution in [-0.2, 0) is 6.42 Å². The molecule has 0 N–H and O–H groups in total. The quantitative estimate of drug-likeness (QED) is 0.773. The lowest BCUT2D eigenvalue weighted by Crippen LogP contribution is -2.47. The Kier molecular flexibility index (Phi) is 4.68. The average molecular weight is 381 g/mol. The number of nitrogens with zero attached hydrogens (tertiary/aromatic N) is 2. The van der Waals surface area contributed by atoms with E-state index in [-0.39, 0.29) is 5.60 Å². The maximum absolute atomic E-state index is 6.25. The molecule has 150 valence electrons. The first kappa shape index (κ1) is 19.0. The molecular formula is C24H32N2O2. The summed E-state index contributed by atoms with van der Waals surface area (Å²) < 4.78 is 12.1. The molecule has 0 atom stereocenters. The zero-order valence-electron chi connectivity index (χ0n) is 18.1. The van der Waals surface area contributed by atoms with Crippen molar-refractivity contribution in [3.05, 3.63) is 46.5 Å². The van der Waals surface area contributed by atoms with Gasteiger partial charge in [-0.3, -0.25) is 0 Å². The Morgan fingerprint density at radius 1 is 0.893 bits per heavy atom. The third-order valence-corrected chi connectivity index (χ3v) is 6.16. The summed E-state index contributed by atoms with van der Waals surface area (Å²) in [5.41, 5.74) is 7.64. The van der Waals surface area contributed by atoms with Crippen molar-refractivity contribution in [3.63, 3.8) is 0 Å². The molecule has 1 saturated heterocycles. The number of hydrogen-bond acceptors (Lipinski definition) is 4. The van der Waals surface area contributed by atoms with Gasteiger partial charge in [0.2, 0.25) is 0 Å². The van der Waals surface area contributed by atoms with Crippen molar-refractivity contribution in [2.24, 2.45) is 0 Å². The van der Waals surface area contributed by atoms with Crippen LogP contribution in [0.15, 0.2) is 24.3 Å². The number of aryl methyl sites for hydroxylation is 1. The van der Waals surface area contributed by atoms with Crippen LogP contribution >= 0.6 is 0 Å². The molecule has 2 aromatic carbocycles. The summed E-state index contributed by atoms with van der Waals surface area (Å²) in [5, 5.41) is 0. The molecule has 1 fully saturated rings. The molecule has 0 unspecified atom stereocenters. The number of fused-ring (bicyclic) bond motifs is 1. The van der Waals surface area contributed by atoms with Crippen molar-refractivity contribution in [2.45, 2.75) is 46.6 Å². The maximum atomic E-state index is 6.25. The summed E-state index contributed by atoms with van der Waals surface area (Å²) >= 11 is 0. The Bertz CT molecular complexity index is 879. The molecule has 4 heteroatoms.